The van der Waals surface area contributed by atoms with E-state index in [9.17, 15) is 29.4 Å². The lowest BCUT2D eigenvalue weighted by Crippen LogP contribution is -2.57. The van der Waals surface area contributed by atoms with E-state index in [0.29, 0.717) is 25.9 Å². The van der Waals surface area contributed by atoms with Gasteiger partial charge in [-0.05, 0) is 65.7 Å². The number of amides is 1. The lowest BCUT2D eigenvalue weighted by molar-refractivity contribution is -0.928. The Hall–Kier alpha value is -2.44. The van der Waals surface area contributed by atoms with Crippen LogP contribution in [0.3, 0.4) is 0 Å². The molecule has 12 heteroatoms. The van der Waals surface area contributed by atoms with Crippen molar-refractivity contribution in [3.8, 4) is 0 Å². The molecule has 0 saturated carbocycles. The summed E-state index contributed by atoms with van der Waals surface area (Å²) in [6, 6.07) is 0. The second-order valence-electron chi connectivity index (χ2n) is 13.1. The second kappa shape index (κ2) is 32.5. The number of likely N-dealkylation sites (N-methyl/N-ethyl adjacent to an activating group) is 1. The van der Waals surface area contributed by atoms with Crippen LogP contribution >= 0.6 is 0 Å². The van der Waals surface area contributed by atoms with Crippen molar-refractivity contribution in [2.24, 2.45) is 22.7 Å². The number of aliphatic hydroxyl groups excluding tert-OH is 2. The zero-order valence-electron chi connectivity index (χ0n) is 27.5. The minimum Gasteiger partial charge on any atom is -0.469 e. The van der Waals surface area contributed by atoms with Crippen LogP contribution in [0.25, 0.3) is 0 Å². The van der Waals surface area contributed by atoms with Gasteiger partial charge in [0.05, 0.1) is 44.6 Å². The van der Waals surface area contributed by atoms with Crippen molar-refractivity contribution in [2.45, 2.75) is 159 Å². The molecule has 0 rings (SSSR count). The van der Waals surface area contributed by atoms with Crippen LogP contribution in [0.4, 0.5) is 4.79 Å². The minimum absolute atomic E-state index is 0. The van der Waals surface area contributed by atoms with Gasteiger partial charge in [0, 0.05) is 0 Å². The highest BCUT2D eigenvalue weighted by atomic mass is 16.6. The van der Waals surface area contributed by atoms with Gasteiger partial charge in [0.25, 0.3) is 0 Å². The molecule has 0 aromatic heterocycles. The van der Waals surface area contributed by atoms with Gasteiger partial charge in [-0.3, -0.25) is 14.4 Å². The number of ether oxygens (including phenoxy) is 4. The molecule has 0 aliphatic heterocycles. The lowest BCUT2D eigenvalue weighted by atomic mass is 9.73. The number of hydrogen-bond donors (Lipinski definition) is 3. The second-order valence-corrected chi connectivity index (χ2v) is 13.1. The summed E-state index contributed by atoms with van der Waals surface area (Å²) in [6.45, 7) is 12.5. The van der Waals surface area contributed by atoms with Crippen molar-refractivity contribution >= 4 is 24.0 Å². The van der Waals surface area contributed by atoms with E-state index in [1.165, 1.54) is 7.11 Å². The summed E-state index contributed by atoms with van der Waals surface area (Å²) in [5.74, 6) is -1.68. The van der Waals surface area contributed by atoms with E-state index in [4.69, 9.17) is 18.9 Å². The topological polar surface area (TPSA) is 158 Å². The fourth-order valence-corrected chi connectivity index (χ4v) is 4.87. The molecule has 0 aliphatic carbocycles. The average molecular weight is 734 g/mol. The van der Waals surface area contributed by atoms with Crippen LogP contribution in [0.5, 0.6) is 0 Å². The van der Waals surface area contributed by atoms with E-state index < -0.39 is 47.0 Å². The van der Waals surface area contributed by atoms with Gasteiger partial charge < -0.3 is 29.2 Å². The molecule has 0 heterocycles. The summed E-state index contributed by atoms with van der Waals surface area (Å²) < 4.78 is 20.7. The number of aliphatic hydroxyl groups is 2. The van der Waals surface area contributed by atoms with Crippen LogP contribution < -0.4 is 5.43 Å². The van der Waals surface area contributed by atoms with Crippen LogP contribution in [-0.2, 0) is 33.3 Å². The molecule has 5 atom stereocenters. The van der Waals surface area contributed by atoms with Crippen LogP contribution in [0.15, 0.2) is 0 Å². The molecule has 0 aromatic rings. The average Bonchev–Trinajstić information content (AvgIpc) is 2.87. The Morgan fingerprint density at radius 1 is 0.780 bits per heavy atom. The first kappa shape index (κ1) is 69.3. The summed E-state index contributed by atoms with van der Waals surface area (Å²) in [4.78, 5) is 49.9. The number of methoxy groups -OCH3 is 1. The molecule has 0 radical (unpaired) electrons. The number of unbranched alkanes of at least 4 members (excludes halogenated alkanes) is 1. The van der Waals surface area contributed by atoms with Crippen LogP contribution in [0.2, 0.25) is 0 Å². The molecule has 0 saturated heterocycles. The first-order chi connectivity index (χ1) is 19.3. The molecule has 0 aromatic carbocycles. The van der Waals surface area contributed by atoms with E-state index in [-0.39, 0.29) is 102 Å². The summed E-state index contributed by atoms with van der Waals surface area (Å²) >= 11 is 0. The number of quaternary nitrogens is 1. The first-order valence-corrected chi connectivity index (χ1v) is 14.8. The van der Waals surface area contributed by atoms with Gasteiger partial charge in [-0.15, -0.1) is 0 Å². The molecule has 0 spiro atoms. The Morgan fingerprint density at radius 2 is 1.28 bits per heavy atom. The van der Waals surface area contributed by atoms with Gasteiger partial charge in [-0.2, -0.15) is 5.43 Å². The zero-order valence-corrected chi connectivity index (χ0v) is 27.5. The number of esters is 3. The molecule has 0 fully saturated rings. The lowest BCUT2D eigenvalue weighted by Gasteiger charge is -2.32. The number of nitrogens with zero attached hydrogens (tertiary/aromatic N) is 1. The van der Waals surface area contributed by atoms with E-state index in [1.54, 1.807) is 48.7 Å². The molecular formula is C38H89N2O10+. The van der Waals surface area contributed by atoms with Gasteiger partial charge in [-0.25, -0.2) is 9.39 Å². The predicted octanol–water partition coefficient (Wildman–Crippen LogP) is 8.46. The standard InChI is InChI=1S/C30H56N2O10.8CH4/c1-11-12-15-40-25(35)22(3)17-30(7,27(37)39-10)16-21(2)13-14-29(5,6)26(36)41-19-24(34)20-42-28(38)31-32(8,9)18-23(4)33;;;;;;;;/h21-24,33-34H,11-20H2,1-10H3;8*1H4/p+1. The normalized spacial score (nSPS) is 13.7. The number of carbonyl (C=O) groups is 4. The molecule has 5 unspecified atom stereocenters. The maximum atomic E-state index is 12.8. The van der Waals surface area contributed by atoms with Crippen molar-refractivity contribution in [2.75, 3.05) is 47.6 Å². The Balaban J connectivity index is -0.000000300. The largest absolute Gasteiger partial charge is 0.469 e. The van der Waals surface area contributed by atoms with Crippen molar-refractivity contribution in [1.82, 2.24) is 5.43 Å². The van der Waals surface area contributed by atoms with Crippen molar-refractivity contribution in [3.05, 3.63) is 0 Å². The Bertz CT molecular complexity index is 865. The number of hydrogen-bond acceptors (Lipinski definition) is 10. The van der Waals surface area contributed by atoms with Gasteiger partial charge in [0.2, 0.25) is 0 Å². The third-order valence-electron chi connectivity index (χ3n) is 7.12. The molecule has 0 bridgehead atoms. The molecule has 0 aliphatic rings. The van der Waals surface area contributed by atoms with E-state index in [0.717, 1.165) is 12.8 Å². The van der Waals surface area contributed by atoms with Gasteiger partial charge in [-0.1, -0.05) is 86.6 Å². The number of rotatable bonds is 20. The highest BCUT2D eigenvalue weighted by molar-refractivity contribution is 5.78. The maximum absolute atomic E-state index is 12.8. The molecule has 12 nitrogen and oxygen atoms in total. The molecule has 1 amide bonds. The van der Waals surface area contributed by atoms with Crippen molar-refractivity contribution in [1.29, 1.82) is 0 Å². The SMILES string of the molecule is C.C.C.C.C.C.C.C.CCCCOC(=O)C(C)CC(C)(CC(C)CCC(C)(C)C(=O)OCC(O)COC(=O)N[N+](C)(C)CC(C)O)C(=O)OC. The highest BCUT2D eigenvalue weighted by Crippen LogP contribution is 2.38. The van der Waals surface area contributed by atoms with Crippen LogP contribution in [0, 0.1) is 22.7 Å². The third-order valence-corrected chi connectivity index (χ3v) is 7.12. The van der Waals surface area contributed by atoms with Gasteiger partial charge in [0.1, 0.15) is 32.0 Å². The van der Waals surface area contributed by atoms with Crippen molar-refractivity contribution in [3.63, 3.8) is 0 Å². The van der Waals surface area contributed by atoms with E-state index in [1.807, 2.05) is 13.8 Å². The fraction of sp³-hybridized carbons (Fsp3) is 0.895. The zero-order chi connectivity index (χ0) is 32.7. The maximum Gasteiger partial charge on any atom is 0.451 e. The summed E-state index contributed by atoms with van der Waals surface area (Å²) in [5.41, 5.74) is 0.789. The summed E-state index contributed by atoms with van der Waals surface area (Å²) in [6.07, 6.45) is 0.901. The Morgan fingerprint density at radius 3 is 1.74 bits per heavy atom. The molecular weight excluding hydrogens is 644 g/mol. The van der Waals surface area contributed by atoms with E-state index >= 15 is 0 Å². The number of nitrogens with one attached hydrogen (secondary N) is 1. The Kier molecular flexibility index (Phi) is 45.0. The smallest absolute Gasteiger partial charge is 0.451 e. The van der Waals surface area contributed by atoms with Crippen molar-refractivity contribution < 1.29 is 52.9 Å². The first-order valence-electron chi connectivity index (χ1n) is 14.8. The predicted molar refractivity (Wildman–Crippen MR) is 211 cm³/mol. The molecule has 50 heavy (non-hydrogen) atoms. The quantitative estimate of drug-likeness (QED) is 0.0365. The van der Waals surface area contributed by atoms with Crippen LogP contribution in [0.1, 0.15) is 146 Å². The molecule has 310 valence electrons. The van der Waals surface area contributed by atoms with Gasteiger partial charge >= 0.3 is 24.0 Å². The van der Waals surface area contributed by atoms with Crippen LogP contribution in [-0.4, -0.2) is 98.6 Å². The van der Waals surface area contributed by atoms with E-state index in [2.05, 4.69) is 5.43 Å². The highest BCUT2D eigenvalue weighted by Gasteiger charge is 2.40. The monoisotopic (exact) mass is 734 g/mol. The Labute approximate surface area is 310 Å². The molecule has 3 N–H and O–H groups in total. The fourth-order valence-electron chi connectivity index (χ4n) is 4.87. The number of carbonyl (C=O) groups excluding carboxylic acids is 4. The summed E-state index contributed by atoms with van der Waals surface area (Å²) in [5, 5.41) is 19.7. The third kappa shape index (κ3) is 28.3. The summed E-state index contributed by atoms with van der Waals surface area (Å²) in [7, 11) is 4.69. The minimum atomic E-state index is -1.21. The van der Waals surface area contributed by atoms with Gasteiger partial charge in [0.15, 0.2) is 0 Å².